The second-order valence-electron chi connectivity index (χ2n) is 5.86. The van der Waals surface area contributed by atoms with E-state index >= 15 is 0 Å². The van der Waals surface area contributed by atoms with E-state index in [2.05, 4.69) is 25.6 Å². The molecule has 0 fully saturated rings. The van der Waals surface area contributed by atoms with E-state index in [1.165, 1.54) is 6.33 Å². The topological polar surface area (TPSA) is 106 Å². The van der Waals surface area contributed by atoms with Crippen molar-refractivity contribution in [2.75, 3.05) is 10.6 Å². The van der Waals surface area contributed by atoms with Gasteiger partial charge in [-0.3, -0.25) is 10.1 Å². The van der Waals surface area contributed by atoms with Gasteiger partial charge in [0.2, 0.25) is 11.6 Å². The van der Waals surface area contributed by atoms with Crippen molar-refractivity contribution in [3.63, 3.8) is 0 Å². The summed E-state index contributed by atoms with van der Waals surface area (Å²) >= 11 is 0. The molecule has 8 heteroatoms. The van der Waals surface area contributed by atoms with Crippen LogP contribution in [0.3, 0.4) is 0 Å². The van der Waals surface area contributed by atoms with E-state index in [0.717, 1.165) is 16.7 Å². The van der Waals surface area contributed by atoms with Gasteiger partial charge in [0.15, 0.2) is 0 Å². The van der Waals surface area contributed by atoms with Crippen molar-refractivity contribution in [2.24, 2.45) is 0 Å². The van der Waals surface area contributed by atoms with Crippen LogP contribution in [0.5, 0.6) is 0 Å². The Hall–Kier alpha value is -3.55. The molecule has 0 bridgehead atoms. The summed E-state index contributed by atoms with van der Waals surface area (Å²) in [4.78, 5) is 23.3. The van der Waals surface area contributed by atoms with Crippen LogP contribution in [0.1, 0.15) is 16.7 Å². The number of anilines is 3. The predicted octanol–water partition coefficient (Wildman–Crippen LogP) is 3.75. The number of nitrogens with zero attached hydrogens (tertiary/aromatic N) is 4. The Kier molecular flexibility index (Phi) is 5.02. The number of hydrogen-bond donors (Lipinski definition) is 2. The lowest BCUT2D eigenvalue weighted by Gasteiger charge is -2.10. The Morgan fingerprint density at radius 1 is 1.00 bits per heavy atom. The Morgan fingerprint density at radius 2 is 1.73 bits per heavy atom. The van der Waals surface area contributed by atoms with Gasteiger partial charge in [0.05, 0.1) is 4.92 Å². The maximum Gasteiger partial charge on any atom is 0.353 e. The van der Waals surface area contributed by atoms with Gasteiger partial charge in [0, 0.05) is 12.7 Å². The molecule has 0 aliphatic rings. The minimum absolute atomic E-state index is 0.0921. The number of pyridine rings is 1. The van der Waals surface area contributed by atoms with Gasteiger partial charge in [0.25, 0.3) is 0 Å². The van der Waals surface area contributed by atoms with E-state index < -0.39 is 4.92 Å². The summed E-state index contributed by atoms with van der Waals surface area (Å²) in [5.41, 5.74) is 2.91. The van der Waals surface area contributed by atoms with E-state index in [9.17, 15) is 10.1 Å². The maximum atomic E-state index is 11.6. The summed E-state index contributed by atoms with van der Waals surface area (Å²) in [6.07, 6.45) is 2.91. The fourth-order valence-electron chi connectivity index (χ4n) is 2.39. The first-order chi connectivity index (χ1) is 12.5. The summed E-state index contributed by atoms with van der Waals surface area (Å²) in [5.74, 6) is 0.728. The number of hydrogen-bond acceptors (Lipinski definition) is 7. The highest BCUT2D eigenvalue weighted by molar-refractivity contribution is 5.72. The quantitative estimate of drug-likeness (QED) is 0.515. The molecule has 8 nitrogen and oxygen atoms in total. The van der Waals surface area contributed by atoms with Crippen LogP contribution in [-0.2, 0) is 6.54 Å². The number of aromatic nitrogens is 3. The third-order valence-electron chi connectivity index (χ3n) is 3.75. The molecule has 132 valence electrons. The lowest BCUT2D eigenvalue weighted by Crippen LogP contribution is -2.08. The average molecular weight is 350 g/mol. The van der Waals surface area contributed by atoms with Crippen molar-refractivity contribution in [3.8, 4) is 0 Å². The number of aryl methyl sites for hydroxylation is 2. The molecule has 3 rings (SSSR count). The molecule has 0 aliphatic heterocycles. The van der Waals surface area contributed by atoms with Crippen molar-refractivity contribution in [1.82, 2.24) is 15.0 Å². The second-order valence-corrected chi connectivity index (χ2v) is 5.86. The molecule has 2 N–H and O–H groups in total. The zero-order chi connectivity index (χ0) is 18.5. The number of nitrogens with one attached hydrogen (secondary N) is 2. The van der Waals surface area contributed by atoms with Gasteiger partial charge in [-0.1, -0.05) is 29.8 Å². The molecule has 0 spiro atoms. The lowest BCUT2D eigenvalue weighted by molar-refractivity contribution is -0.383. The van der Waals surface area contributed by atoms with Crippen molar-refractivity contribution in [3.05, 3.63) is 75.7 Å². The van der Waals surface area contributed by atoms with Gasteiger partial charge in [-0.05, 0) is 37.1 Å². The minimum Gasteiger partial charge on any atom is -0.360 e. The highest BCUT2D eigenvalue weighted by atomic mass is 16.6. The van der Waals surface area contributed by atoms with Crippen LogP contribution < -0.4 is 10.6 Å². The van der Waals surface area contributed by atoms with Crippen LogP contribution in [-0.4, -0.2) is 19.9 Å². The largest absolute Gasteiger partial charge is 0.360 e. The van der Waals surface area contributed by atoms with Crippen molar-refractivity contribution >= 4 is 23.1 Å². The SMILES string of the molecule is Cc1ccc(CNc2ncnc(Nc3cc(C)ccn3)c2[N+](=O)[O-])cc1. The Labute approximate surface area is 150 Å². The molecule has 0 radical (unpaired) electrons. The molecule has 3 aromatic rings. The van der Waals surface area contributed by atoms with E-state index in [0.29, 0.717) is 12.4 Å². The molecular formula is C18H18N6O2. The highest BCUT2D eigenvalue weighted by Gasteiger charge is 2.23. The Morgan fingerprint density at radius 3 is 2.42 bits per heavy atom. The van der Waals surface area contributed by atoms with Crippen LogP contribution in [0.25, 0.3) is 0 Å². The van der Waals surface area contributed by atoms with Crippen LogP contribution in [0.15, 0.2) is 48.9 Å². The number of benzene rings is 1. The Bertz CT molecular complexity index is 927. The monoisotopic (exact) mass is 350 g/mol. The number of rotatable bonds is 6. The van der Waals surface area contributed by atoms with Crippen LogP contribution in [0.4, 0.5) is 23.1 Å². The summed E-state index contributed by atoms with van der Waals surface area (Å²) in [6.45, 7) is 4.33. The van der Waals surface area contributed by atoms with Gasteiger partial charge in [0.1, 0.15) is 12.1 Å². The first-order valence-electron chi connectivity index (χ1n) is 8.01. The summed E-state index contributed by atoms with van der Waals surface area (Å²) in [7, 11) is 0. The van der Waals surface area contributed by atoms with Crippen molar-refractivity contribution in [1.29, 1.82) is 0 Å². The normalized spacial score (nSPS) is 10.4. The molecule has 0 unspecified atom stereocenters. The first kappa shape index (κ1) is 17.3. The van der Waals surface area contributed by atoms with Gasteiger partial charge >= 0.3 is 5.69 Å². The molecule has 26 heavy (non-hydrogen) atoms. The highest BCUT2D eigenvalue weighted by Crippen LogP contribution is 2.31. The lowest BCUT2D eigenvalue weighted by atomic mass is 10.1. The van der Waals surface area contributed by atoms with Crippen LogP contribution in [0.2, 0.25) is 0 Å². The molecule has 0 saturated heterocycles. The smallest absolute Gasteiger partial charge is 0.353 e. The van der Waals surface area contributed by atoms with Crippen molar-refractivity contribution in [2.45, 2.75) is 20.4 Å². The molecule has 0 amide bonds. The van der Waals surface area contributed by atoms with Gasteiger partial charge in [-0.25, -0.2) is 15.0 Å². The zero-order valence-electron chi connectivity index (χ0n) is 14.4. The van der Waals surface area contributed by atoms with E-state index in [1.807, 2.05) is 44.2 Å². The third kappa shape index (κ3) is 4.10. The van der Waals surface area contributed by atoms with E-state index in [4.69, 9.17) is 0 Å². The van der Waals surface area contributed by atoms with Gasteiger partial charge in [-0.2, -0.15) is 0 Å². The molecule has 0 saturated carbocycles. The maximum absolute atomic E-state index is 11.6. The molecule has 2 heterocycles. The van der Waals surface area contributed by atoms with E-state index in [-0.39, 0.29) is 17.3 Å². The van der Waals surface area contributed by atoms with Gasteiger partial charge in [-0.15, -0.1) is 0 Å². The zero-order valence-corrected chi connectivity index (χ0v) is 14.4. The molecule has 2 aromatic heterocycles. The summed E-state index contributed by atoms with van der Waals surface area (Å²) in [5, 5.41) is 17.5. The van der Waals surface area contributed by atoms with Crippen LogP contribution in [0, 0.1) is 24.0 Å². The molecule has 0 aliphatic carbocycles. The first-order valence-corrected chi connectivity index (χ1v) is 8.01. The molecule has 0 atom stereocenters. The van der Waals surface area contributed by atoms with E-state index in [1.54, 1.807) is 12.3 Å². The second kappa shape index (κ2) is 7.56. The van der Waals surface area contributed by atoms with Gasteiger partial charge < -0.3 is 10.6 Å². The Balaban J connectivity index is 1.85. The molecular weight excluding hydrogens is 332 g/mol. The predicted molar refractivity (Wildman–Crippen MR) is 99.4 cm³/mol. The minimum atomic E-state index is -0.504. The average Bonchev–Trinajstić information content (AvgIpc) is 2.61. The van der Waals surface area contributed by atoms with Crippen LogP contribution >= 0.6 is 0 Å². The third-order valence-corrected chi connectivity index (χ3v) is 3.75. The fourth-order valence-corrected chi connectivity index (χ4v) is 2.39. The van der Waals surface area contributed by atoms with Crippen molar-refractivity contribution < 1.29 is 4.92 Å². The summed E-state index contributed by atoms with van der Waals surface area (Å²) in [6, 6.07) is 11.5. The fraction of sp³-hybridized carbons (Fsp3) is 0.167. The standard InChI is InChI=1S/C18H18N6O2/c1-12-3-5-14(6-4-12)10-20-17-16(24(25)26)18(22-11-21-17)23-15-9-13(2)7-8-19-15/h3-9,11H,10H2,1-2H3,(H2,19,20,21,22,23). The number of nitro groups is 1. The summed E-state index contributed by atoms with van der Waals surface area (Å²) < 4.78 is 0. The molecule has 1 aromatic carbocycles.